The molecule has 0 unspecified atom stereocenters. The Kier molecular flexibility index (Phi) is 5.75. The van der Waals surface area contributed by atoms with Crippen LogP contribution in [-0.4, -0.2) is 38.5 Å². The van der Waals surface area contributed by atoms with Crippen molar-refractivity contribution in [3.05, 3.63) is 52.2 Å². The number of carbonyl (C=O) groups is 1. The molecule has 0 aliphatic rings. The van der Waals surface area contributed by atoms with Gasteiger partial charge in [-0.1, -0.05) is 41.0 Å². The van der Waals surface area contributed by atoms with Gasteiger partial charge in [0, 0.05) is 13.6 Å². The summed E-state index contributed by atoms with van der Waals surface area (Å²) < 4.78 is 6.56. The number of hydrogen-bond donors (Lipinski definition) is 1. The summed E-state index contributed by atoms with van der Waals surface area (Å²) >= 11 is 13.1. The Balaban J connectivity index is 1.59. The van der Waals surface area contributed by atoms with Crippen molar-refractivity contribution in [3.8, 4) is 11.6 Å². The fourth-order valence-electron chi connectivity index (χ4n) is 2.19. The van der Waals surface area contributed by atoms with Crippen LogP contribution in [-0.2, 0) is 11.3 Å². The zero-order valence-electron chi connectivity index (χ0n) is 13.7. The first-order valence-corrected chi connectivity index (χ1v) is 9.25. The number of amides is 1. The first kappa shape index (κ1) is 18.6. The summed E-state index contributed by atoms with van der Waals surface area (Å²) in [6.07, 6.45) is 1.53. The van der Waals surface area contributed by atoms with Gasteiger partial charge in [0.1, 0.15) is 0 Å². The van der Waals surface area contributed by atoms with Gasteiger partial charge in [-0.2, -0.15) is 0 Å². The molecule has 0 radical (unpaired) electrons. The maximum absolute atomic E-state index is 12.3. The number of furan rings is 1. The molecule has 1 aromatic carbocycles. The third-order valence-electron chi connectivity index (χ3n) is 3.56. The maximum atomic E-state index is 12.3. The van der Waals surface area contributed by atoms with E-state index >= 15 is 0 Å². The van der Waals surface area contributed by atoms with Crippen LogP contribution < -0.4 is 5.84 Å². The third-order valence-corrected chi connectivity index (χ3v) is 5.23. The summed E-state index contributed by atoms with van der Waals surface area (Å²) in [6.45, 7) is 0.420. The van der Waals surface area contributed by atoms with E-state index < -0.39 is 0 Å². The lowest BCUT2D eigenvalue weighted by molar-refractivity contribution is -0.127. The average molecular weight is 412 g/mol. The minimum Gasteiger partial charge on any atom is -0.461 e. The molecule has 0 atom stereocenters. The Morgan fingerprint density at radius 1 is 1.31 bits per heavy atom. The first-order chi connectivity index (χ1) is 12.5. The molecule has 2 N–H and O–H groups in total. The molecule has 136 valence electrons. The van der Waals surface area contributed by atoms with E-state index in [1.54, 1.807) is 36.2 Å². The number of thioether (sulfide) groups is 1. The van der Waals surface area contributed by atoms with Gasteiger partial charge in [0.25, 0.3) is 0 Å². The molecule has 0 saturated heterocycles. The Morgan fingerprint density at radius 2 is 2.12 bits per heavy atom. The lowest BCUT2D eigenvalue weighted by atomic mass is 10.2. The average Bonchev–Trinajstić information content (AvgIpc) is 3.25. The molecule has 0 saturated carbocycles. The van der Waals surface area contributed by atoms with E-state index in [1.165, 1.54) is 22.7 Å². The molecule has 7 nitrogen and oxygen atoms in total. The molecule has 2 aromatic heterocycles. The summed E-state index contributed by atoms with van der Waals surface area (Å²) in [5.74, 6) is 6.97. The number of nitrogens with zero attached hydrogens (tertiary/aromatic N) is 4. The van der Waals surface area contributed by atoms with E-state index in [0.29, 0.717) is 33.3 Å². The zero-order valence-corrected chi connectivity index (χ0v) is 16.1. The summed E-state index contributed by atoms with van der Waals surface area (Å²) in [6, 6.07) is 8.75. The Hall–Kier alpha value is -2.16. The minimum absolute atomic E-state index is 0.0800. The van der Waals surface area contributed by atoms with Gasteiger partial charge in [0.2, 0.25) is 16.9 Å². The van der Waals surface area contributed by atoms with Crippen LogP contribution in [0.25, 0.3) is 11.6 Å². The topological polar surface area (TPSA) is 90.2 Å². The largest absolute Gasteiger partial charge is 0.461 e. The van der Waals surface area contributed by atoms with Gasteiger partial charge in [0.15, 0.2) is 5.76 Å². The highest BCUT2D eigenvalue weighted by atomic mass is 35.5. The highest BCUT2D eigenvalue weighted by molar-refractivity contribution is 7.99. The van der Waals surface area contributed by atoms with Crippen molar-refractivity contribution in [2.45, 2.75) is 11.7 Å². The van der Waals surface area contributed by atoms with Crippen LogP contribution in [0.4, 0.5) is 0 Å². The predicted molar refractivity (Wildman–Crippen MR) is 102 cm³/mol. The molecule has 0 bridgehead atoms. The van der Waals surface area contributed by atoms with Crippen molar-refractivity contribution in [1.29, 1.82) is 0 Å². The summed E-state index contributed by atoms with van der Waals surface area (Å²) in [5.41, 5.74) is 0.891. The van der Waals surface area contributed by atoms with Crippen molar-refractivity contribution in [2.75, 3.05) is 18.6 Å². The van der Waals surface area contributed by atoms with Gasteiger partial charge in [-0.15, -0.1) is 10.2 Å². The standard InChI is InChI=1S/C16H15Cl2N5O2S/c1-22(8-10-4-5-11(17)12(18)7-10)14(24)9-26-16-21-20-15(23(16)19)13-3-2-6-25-13/h2-7H,8-9,19H2,1H3. The highest BCUT2D eigenvalue weighted by Gasteiger charge is 2.17. The van der Waals surface area contributed by atoms with E-state index in [-0.39, 0.29) is 11.7 Å². The summed E-state index contributed by atoms with van der Waals surface area (Å²) in [5, 5.41) is 9.35. The first-order valence-electron chi connectivity index (χ1n) is 7.50. The van der Waals surface area contributed by atoms with Crippen molar-refractivity contribution in [1.82, 2.24) is 19.8 Å². The fourth-order valence-corrected chi connectivity index (χ4v) is 3.30. The molecule has 3 aromatic rings. The number of benzene rings is 1. The second-order valence-corrected chi connectivity index (χ2v) is 7.20. The van der Waals surface area contributed by atoms with Crippen LogP contribution in [0.3, 0.4) is 0 Å². The second kappa shape index (κ2) is 8.03. The number of halogens is 2. The van der Waals surface area contributed by atoms with E-state index in [4.69, 9.17) is 33.5 Å². The molecule has 0 fully saturated rings. The van der Waals surface area contributed by atoms with Crippen LogP contribution in [0, 0.1) is 0 Å². The number of aromatic nitrogens is 3. The molecule has 0 spiro atoms. The van der Waals surface area contributed by atoms with Crippen LogP contribution in [0.15, 0.2) is 46.2 Å². The molecule has 1 amide bonds. The predicted octanol–water partition coefficient (Wildman–Crippen LogP) is 3.31. The number of carbonyl (C=O) groups excluding carboxylic acids is 1. The number of rotatable bonds is 6. The third kappa shape index (κ3) is 4.14. The number of nitrogen functional groups attached to an aromatic ring is 1. The van der Waals surface area contributed by atoms with Gasteiger partial charge in [-0.3, -0.25) is 4.79 Å². The summed E-state index contributed by atoms with van der Waals surface area (Å²) in [7, 11) is 1.72. The second-order valence-electron chi connectivity index (χ2n) is 5.44. The van der Waals surface area contributed by atoms with Gasteiger partial charge < -0.3 is 15.2 Å². The van der Waals surface area contributed by atoms with Crippen molar-refractivity contribution in [2.24, 2.45) is 0 Å². The molecule has 10 heteroatoms. The zero-order chi connectivity index (χ0) is 18.7. The number of nitrogens with two attached hydrogens (primary N) is 1. The van der Waals surface area contributed by atoms with E-state index in [0.717, 1.165) is 5.56 Å². The Labute approximate surface area is 164 Å². The van der Waals surface area contributed by atoms with Gasteiger partial charge in [-0.05, 0) is 29.8 Å². The lowest BCUT2D eigenvalue weighted by Gasteiger charge is -2.17. The molecule has 0 aliphatic heterocycles. The molecular weight excluding hydrogens is 397 g/mol. The van der Waals surface area contributed by atoms with Crippen LogP contribution in [0.5, 0.6) is 0 Å². The minimum atomic E-state index is -0.0800. The monoisotopic (exact) mass is 411 g/mol. The molecule has 0 aliphatic carbocycles. The van der Waals surface area contributed by atoms with Crippen LogP contribution >= 0.6 is 35.0 Å². The van der Waals surface area contributed by atoms with Gasteiger partial charge in [0.05, 0.1) is 22.1 Å². The van der Waals surface area contributed by atoms with E-state index in [1.807, 2.05) is 6.07 Å². The van der Waals surface area contributed by atoms with Crippen molar-refractivity contribution in [3.63, 3.8) is 0 Å². The van der Waals surface area contributed by atoms with Crippen molar-refractivity contribution >= 4 is 40.9 Å². The van der Waals surface area contributed by atoms with E-state index in [2.05, 4.69) is 10.2 Å². The highest BCUT2D eigenvalue weighted by Crippen LogP contribution is 2.24. The van der Waals surface area contributed by atoms with E-state index in [9.17, 15) is 4.79 Å². The smallest absolute Gasteiger partial charge is 0.233 e. The van der Waals surface area contributed by atoms with Crippen LogP contribution in [0.1, 0.15) is 5.56 Å². The molecular formula is C16H15Cl2N5O2S. The molecule has 2 heterocycles. The Morgan fingerprint density at radius 3 is 2.81 bits per heavy atom. The summed E-state index contributed by atoms with van der Waals surface area (Å²) in [4.78, 5) is 13.9. The van der Waals surface area contributed by atoms with Crippen molar-refractivity contribution < 1.29 is 9.21 Å². The fraction of sp³-hybridized carbons (Fsp3) is 0.188. The SMILES string of the molecule is CN(Cc1ccc(Cl)c(Cl)c1)C(=O)CSc1nnc(-c2ccco2)n1N. The van der Waals surface area contributed by atoms with Crippen LogP contribution in [0.2, 0.25) is 10.0 Å². The van der Waals surface area contributed by atoms with Gasteiger partial charge in [-0.25, -0.2) is 4.68 Å². The quantitative estimate of drug-likeness (QED) is 0.494. The Bertz CT molecular complexity index is 914. The maximum Gasteiger partial charge on any atom is 0.233 e. The molecule has 26 heavy (non-hydrogen) atoms. The normalized spacial score (nSPS) is 10.9. The number of hydrogen-bond acceptors (Lipinski definition) is 6. The molecule has 3 rings (SSSR count). The van der Waals surface area contributed by atoms with Gasteiger partial charge >= 0.3 is 0 Å². The lowest BCUT2D eigenvalue weighted by Crippen LogP contribution is -2.28.